The minimum absolute atomic E-state index is 0.635. The number of aromatic nitrogens is 3. The molecule has 1 aromatic carbocycles. The first-order valence-corrected chi connectivity index (χ1v) is 6.55. The third-order valence-corrected chi connectivity index (χ3v) is 3.63. The minimum Gasteiger partial charge on any atom is -0.356 e. The number of anilines is 1. The molecule has 0 aliphatic heterocycles. The van der Waals surface area contributed by atoms with Crippen LogP contribution in [0, 0.1) is 0 Å². The topological polar surface area (TPSA) is 50.7 Å². The summed E-state index contributed by atoms with van der Waals surface area (Å²) in [6, 6.07) is 7.56. The van der Waals surface area contributed by atoms with Crippen molar-refractivity contribution in [2.24, 2.45) is 0 Å². The van der Waals surface area contributed by atoms with E-state index in [0.29, 0.717) is 6.54 Å². The van der Waals surface area contributed by atoms with Crippen LogP contribution in [0.25, 0.3) is 10.2 Å². The van der Waals surface area contributed by atoms with Gasteiger partial charge in [-0.1, -0.05) is 22.9 Å². The molecule has 0 atom stereocenters. The summed E-state index contributed by atoms with van der Waals surface area (Å²) in [5.74, 6) is 0. The molecule has 0 bridgehead atoms. The molecule has 0 unspecified atom stereocenters. The van der Waals surface area contributed by atoms with Crippen molar-refractivity contribution < 1.29 is 0 Å². The normalized spacial score (nSPS) is 10.7. The largest absolute Gasteiger partial charge is 0.356 e. The van der Waals surface area contributed by atoms with Gasteiger partial charge >= 0.3 is 0 Å². The van der Waals surface area contributed by atoms with Gasteiger partial charge in [0.05, 0.1) is 22.5 Å². The maximum atomic E-state index is 5.94. The summed E-state index contributed by atoms with van der Waals surface area (Å²) in [5, 5.41) is 4.84. The van der Waals surface area contributed by atoms with E-state index in [-0.39, 0.29) is 0 Å². The van der Waals surface area contributed by atoms with Crippen LogP contribution in [0.3, 0.4) is 0 Å². The smallest absolute Gasteiger partial charge is 0.184 e. The van der Waals surface area contributed by atoms with Crippen LogP contribution in [0.1, 0.15) is 5.69 Å². The average Bonchev–Trinajstić information content (AvgIpc) is 2.79. The third-order valence-electron chi connectivity index (χ3n) is 2.41. The van der Waals surface area contributed by atoms with E-state index in [2.05, 4.69) is 20.3 Å². The standard InChI is InChI=1S/C12H9ClN4S/c13-8-1-2-10-11(5-8)18-12(17-10)15-6-9-3-4-14-7-16-9/h1-5,7H,6H2,(H,15,17). The molecule has 6 heteroatoms. The Labute approximate surface area is 113 Å². The van der Waals surface area contributed by atoms with Gasteiger partial charge in [0.1, 0.15) is 6.33 Å². The second-order valence-electron chi connectivity index (χ2n) is 3.69. The Morgan fingerprint density at radius 1 is 1.28 bits per heavy atom. The second kappa shape index (κ2) is 4.88. The number of benzene rings is 1. The van der Waals surface area contributed by atoms with Gasteiger partial charge in [-0.3, -0.25) is 0 Å². The van der Waals surface area contributed by atoms with Crippen LogP contribution < -0.4 is 5.32 Å². The van der Waals surface area contributed by atoms with Gasteiger partial charge in [0, 0.05) is 11.2 Å². The minimum atomic E-state index is 0.635. The Hall–Kier alpha value is -1.72. The summed E-state index contributed by atoms with van der Waals surface area (Å²) in [6.07, 6.45) is 3.26. The molecule has 0 saturated carbocycles. The van der Waals surface area contributed by atoms with Crippen LogP contribution in [-0.4, -0.2) is 15.0 Å². The Bertz CT molecular complexity index is 668. The number of halogens is 1. The van der Waals surface area contributed by atoms with Crippen molar-refractivity contribution >= 4 is 38.3 Å². The molecule has 4 nitrogen and oxygen atoms in total. The van der Waals surface area contributed by atoms with Gasteiger partial charge in [0.2, 0.25) is 0 Å². The lowest BCUT2D eigenvalue weighted by Gasteiger charge is -2.00. The van der Waals surface area contributed by atoms with E-state index in [1.54, 1.807) is 17.5 Å². The van der Waals surface area contributed by atoms with Crippen molar-refractivity contribution in [2.75, 3.05) is 5.32 Å². The monoisotopic (exact) mass is 276 g/mol. The van der Waals surface area contributed by atoms with Crippen molar-refractivity contribution in [2.45, 2.75) is 6.54 Å². The van der Waals surface area contributed by atoms with Crippen LogP contribution in [0.4, 0.5) is 5.13 Å². The van der Waals surface area contributed by atoms with Crippen molar-refractivity contribution in [3.8, 4) is 0 Å². The Morgan fingerprint density at radius 2 is 2.22 bits per heavy atom. The number of nitrogens with one attached hydrogen (secondary N) is 1. The van der Waals surface area contributed by atoms with E-state index in [4.69, 9.17) is 11.6 Å². The van der Waals surface area contributed by atoms with Gasteiger partial charge in [-0.25, -0.2) is 15.0 Å². The zero-order valence-corrected chi connectivity index (χ0v) is 10.9. The van der Waals surface area contributed by atoms with Gasteiger partial charge in [-0.05, 0) is 24.3 Å². The van der Waals surface area contributed by atoms with Crippen LogP contribution in [-0.2, 0) is 6.54 Å². The lowest BCUT2D eigenvalue weighted by Crippen LogP contribution is -2.00. The van der Waals surface area contributed by atoms with E-state index in [1.165, 1.54) is 6.33 Å². The van der Waals surface area contributed by atoms with Gasteiger partial charge < -0.3 is 5.32 Å². The predicted octanol–water partition coefficient (Wildman–Crippen LogP) is 3.35. The number of hydrogen-bond donors (Lipinski definition) is 1. The Morgan fingerprint density at radius 3 is 3.06 bits per heavy atom. The highest BCUT2D eigenvalue weighted by Crippen LogP contribution is 2.28. The van der Waals surface area contributed by atoms with Crippen molar-refractivity contribution in [3.63, 3.8) is 0 Å². The van der Waals surface area contributed by atoms with Crippen molar-refractivity contribution in [1.29, 1.82) is 0 Å². The summed E-state index contributed by atoms with van der Waals surface area (Å²) in [7, 11) is 0. The summed E-state index contributed by atoms with van der Waals surface area (Å²) in [6.45, 7) is 0.635. The first-order valence-electron chi connectivity index (χ1n) is 5.36. The predicted molar refractivity (Wildman–Crippen MR) is 74.0 cm³/mol. The van der Waals surface area contributed by atoms with Gasteiger partial charge in [0.15, 0.2) is 5.13 Å². The lowest BCUT2D eigenvalue weighted by molar-refractivity contribution is 1.00. The van der Waals surface area contributed by atoms with Crippen molar-refractivity contribution in [3.05, 3.63) is 47.5 Å². The number of fused-ring (bicyclic) bond motifs is 1. The zero-order chi connectivity index (χ0) is 12.4. The molecule has 0 radical (unpaired) electrons. The Kier molecular flexibility index (Phi) is 3.08. The second-order valence-corrected chi connectivity index (χ2v) is 5.15. The quantitative estimate of drug-likeness (QED) is 0.797. The van der Waals surface area contributed by atoms with Gasteiger partial charge in [-0.2, -0.15) is 0 Å². The van der Waals surface area contributed by atoms with E-state index in [1.807, 2.05) is 24.3 Å². The van der Waals surface area contributed by atoms with Crippen LogP contribution in [0.15, 0.2) is 36.8 Å². The summed E-state index contributed by atoms with van der Waals surface area (Å²) >= 11 is 7.52. The highest BCUT2D eigenvalue weighted by atomic mass is 35.5. The molecule has 3 aromatic rings. The summed E-state index contributed by atoms with van der Waals surface area (Å²) in [5.41, 5.74) is 1.89. The van der Waals surface area contributed by atoms with Crippen molar-refractivity contribution in [1.82, 2.24) is 15.0 Å². The lowest BCUT2D eigenvalue weighted by atomic mass is 10.3. The molecule has 0 spiro atoms. The maximum absolute atomic E-state index is 5.94. The number of thiazole rings is 1. The molecule has 0 aliphatic carbocycles. The zero-order valence-electron chi connectivity index (χ0n) is 9.30. The number of nitrogens with zero attached hydrogens (tertiary/aromatic N) is 3. The molecule has 0 fully saturated rings. The number of hydrogen-bond acceptors (Lipinski definition) is 5. The molecule has 90 valence electrons. The Balaban J connectivity index is 1.79. The first-order chi connectivity index (χ1) is 8.81. The molecule has 0 amide bonds. The highest BCUT2D eigenvalue weighted by molar-refractivity contribution is 7.22. The van der Waals surface area contributed by atoms with Gasteiger partial charge in [0.25, 0.3) is 0 Å². The molecule has 2 aromatic heterocycles. The maximum Gasteiger partial charge on any atom is 0.184 e. The molecule has 2 heterocycles. The van der Waals surface area contributed by atoms with Gasteiger partial charge in [-0.15, -0.1) is 0 Å². The average molecular weight is 277 g/mol. The first kappa shape index (κ1) is 11.4. The molecular weight excluding hydrogens is 268 g/mol. The molecule has 18 heavy (non-hydrogen) atoms. The van der Waals surface area contributed by atoms with Crippen LogP contribution >= 0.6 is 22.9 Å². The SMILES string of the molecule is Clc1ccc2nc(NCc3ccncn3)sc2c1. The van der Waals surface area contributed by atoms with Crippen LogP contribution in [0.5, 0.6) is 0 Å². The van der Waals surface area contributed by atoms with Crippen LogP contribution in [0.2, 0.25) is 5.02 Å². The number of rotatable bonds is 3. The molecule has 1 N–H and O–H groups in total. The van der Waals surface area contributed by atoms with E-state index >= 15 is 0 Å². The van der Waals surface area contributed by atoms with E-state index < -0.39 is 0 Å². The molecular formula is C12H9ClN4S. The summed E-state index contributed by atoms with van der Waals surface area (Å²) < 4.78 is 1.08. The summed E-state index contributed by atoms with van der Waals surface area (Å²) in [4.78, 5) is 12.5. The fourth-order valence-corrected chi connectivity index (χ4v) is 2.70. The molecule has 0 aliphatic rings. The van der Waals surface area contributed by atoms with E-state index in [9.17, 15) is 0 Å². The fourth-order valence-electron chi connectivity index (χ4n) is 1.56. The molecule has 3 rings (SSSR count). The van der Waals surface area contributed by atoms with E-state index in [0.717, 1.165) is 26.1 Å². The fraction of sp³-hybridized carbons (Fsp3) is 0.0833. The third kappa shape index (κ3) is 2.42. The molecule has 0 saturated heterocycles. The highest BCUT2D eigenvalue weighted by Gasteiger charge is 2.04.